The average molecular weight is 405 g/mol. The summed E-state index contributed by atoms with van der Waals surface area (Å²) in [6, 6.07) is 16.2. The zero-order valence-corrected chi connectivity index (χ0v) is 17.2. The molecule has 2 fully saturated rings. The molecule has 6 heteroatoms. The van der Waals surface area contributed by atoms with E-state index in [-0.39, 0.29) is 11.3 Å². The fourth-order valence-corrected chi connectivity index (χ4v) is 4.14. The highest BCUT2D eigenvalue weighted by Crippen LogP contribution is 2.39. The van der Waals surface area contributed by atoms with E-state index >= 15 is 0 Å². The third-order valence-corrected chi connectivity index (χ3v) is 5.85. The van der Waals surface area contributed by atoms with Crippen molar-refractivity contribution in [2.24, 2.45) is 0 Å². The van der Waals surface area contributed by atoms with Crippen molar-refractivity contribution < 1.29 is 14.7 Å². The molecule has 0 radical (unpaired) electrons. The maximum absolute atomic E-state index is 13.0. The Kier molecular flexibility index (Phi) is 5.97. The maximum atomic E-state index is 13.0. The number of nitrogens with zero attached hydrogens (tertiary/aromatic N) is 2. The highest BCUT2D eigenvalue weighted by molar-refractivity contribution is 6.46. The second-order valence-electron chi connectivity index (χ2n) is 7.86. The highest BCUT2D eigenvalue weighted by Gasteiger charge is 2.45. The molecule has 0 saturated carbocycles. The largest absolute Gasteiger partial charge is 0.507 e. The predicted octanol–water partition coefficient (Wildman–Crippen LogP) is 2.32. The number of piperazine rings is 1. The van der Waals surface area contributed by atoms with Crippen molar-refractivity contribution in [3.63, 3.8) is 0 Å². The molecule has 0 spiro atoms. The zero-order chi connectivity index (χ0) is 21.1. The van der Waals surface area contributed by atoms with Crippen molar-refractivity contribution in [2.45, 2.75) is 13.0 Å². The lowest BCUT2D eigenvalue weighted by atomic mass is 9.95. The first-order chi connectivity index (χ1) is 14.6. The van der Waals surface area contributed by atoms with Gasteiger partial charge in [0.25, 0.3) is 11.7 Å². The van der Waals surface area contributed by atoms with Crippen LogP contribution in [0.25, 0.3) is 5.76 Å². The van der Waals surface area contributed by atoms with Crippen LogP contribution in [0.1, 0.15) is 22.7 Å². The number of rotatable bonds is 5. The number of ketones is 1. The molecular formula is C24H27N3O3. The summed E-state index contributed by atoms with van der Waals surface area (Å²) in [5.74, 6) is -1.29. The van der Waals surface area contributed by atoms with Gasteiger partial charge in [-0.1, -0.05) is 60.2 Å². The summed E-state index contributed by atoms with van der Waals surface area (Å²) in [5.41, 5.74) is 2.63. The summed E-state index contributed by atoms with van der Waals surface area (Å²) in [6.45, 7) is 6.82. The number of amides is 1. The lowest BCUT2D eigenvalue weighted by Crippen LogP contribution is -2.46. The number of benzene rings is 2. The lowest BCUT2D eigenvalue weighted by molar-refractivity contribution is -0.140. The molecule has 1 amide bonds. The van der Waals surface area contributed by atoms with Crippen molar-refractivity contribution >= 4 is 17.4 Å². The molecule has 2 saturated heterocycles. The molecule has 1 atom stereocenters. The topological polar surface area (TPSA) is 72.9 Å². The Balaban J connectivity index is 1.72. The summed E-state index contributed by atoms with van der Waals surface area (Å²) in [6.07, 6.45) is 0. The van der Waals surface area contributed by atoms with Gasteiger partial charge in [-0.2, -0.15) is 0 Å². The highest BCUT2D eigenvalue weighted by atomic mass is 16.3. The Morgan fingerprint density at radius 3 is 2.33 bits per heavy atom. The number of hydrogen-bond acceptors (Lipinski definition) is 5. The summed E-state index contributed by atoms with van der Waals surface area (Å²) < 4.78 is 0. The van der Waals surface area contributed by atoms with E-state index in [1.807, 2.05) is 37.3 Å². The van der Waals surface area contributed by atoms with Gasteiger partial charge >= 0.3 is 0 Å². The maximum Gasteiger partial charge on any atom is 0.295 e. The first kappa shape index (κ1) is 20.3. The Hall–Kier alpha value is -2.96. The van der Waals surface area contributed by atoms with Crippen LogP contribution in [0, 0.1) is 6.92 Å². The van der Waals surface area contributed by atoms with E-state index in [4.69, 9.17) is 0 Å². The summed E-state index contributed by atoms with van der Waals surface area (Å²) in [5, 5.41) is 14.3. The molecule has 0 bridgehead atoms. The normalized spacial score (nSPS) is 21.9. The van der Waals surface area contributed by atoms with Gasteiger partial charge < -0.3 is 15.3 Å². The fraction of sp³-hybridized carbons (Fsp3) is 0.333. The van der Waals surface area contributed by atoms with Crippen LogP contribution in [0.2, 0.25) is 0 Å². The van der Waals surface area contributed by atoms with E-state index in [0.717, 1.165) is 37.3 Å². The van der Waals surface area contributed by atoms with Crippen LogP contribution in [0.4, 0.5) is 0 Å². The van der Waals surface area contributed by atoms with Gasteiger partial charge in [0.1, 0.15) is 5.76 Å². The van der Waals surface area contributed by atoms with E-state index in [2.05, 4.69) is 10.2 Å². The Morgan fingerprint density at radius 2 is 1.67 bits per heavy atom. The first-order valence-electron chi connectivity index (χ1n) is 10.4. The smallest absolute Gasteiger partial charge is 0.295 e. The Bertz CT molecular complexity index is 947. The summed E-state index contributed by atoms with van der Waals surface area (Å²) >= 11 is 0. The third kappa shape index (κ3) is 4.01. The number of aliphatic hydroxyl groups excluding tert-OH is 1. The molecule has 2 N–H and O–H groups in total. The van der Waals surface area contributed by atoms with Crippen LogP contribution in [0.5, 0.6) is 0 Å². The van der Waals surface area contributed by atoms with Crippen molar-refractivity contribution in [1.82, 2.24) is 15.1 Å². The second kappa shape index (κ2) is 8.81. The lowest BCUT2D eigenvalue weighted by Gasteiger charge is -2.31. The minimum Gasteiger partial charge on any atom is -0.507 e. The zero-order valence-electron chi connectivity index (χ0n) is 17.2. The van der Waals surface area contributed by atoms with E-state index in [9.17, 15) is 14.7 Å². The molecule has 2 aliphatic heterocycles. The van der Waals surface area contributed by atoms with Crippen molar-refractivity contribution in [3.05, 3.63) is 76.9 Å². The monoisotopic (exact) mass is 405 g/mol. The fourth-order valence-electron chi connectivity index (χ4n) is 4.14. The van der Waals surface area contributed by atoms with Gasteiger partial charge in [0.15, 0.2) is 0 Å². The molecule has 0 unspecified atom stereocenters. The van der Waals surface area contributed by atoms with Gasteiger partial charge in [-0.3, -0.25) is 14.5 Å². The Labute approximate surface area is 176 Å². The number of Topliss-reactive ketones (excluding diaryl/α,β-unsaturated/α-hetero) is 1. The van der Waals surface area contributed by atoms with Crippen LogP contribution < -0.4 is 5.32 Å². The van der Waals surface area contributed by atoms with Gasteiger partial charge in [-0.25, -0.2) is 0 Å². The molecule has 0 aliphatic carbocycles. The van der Waals surface area contributed by atoms with Crippen molar-refractivity contribution in [1.29, 1.82) is 0 Å². The van der Waals surface area contributed by atoms with E-state index in [1.54, 1.807) is 29.2 Å². The first-order valence-corrected chi connectivity index (χ1v) is 10.4. The van der Waals surface area contributed by atoms with Crippen LogP contribution in [-0.4, -0.2) is 65.9 Å². The molecule has 2 aromatic carbocycles. The number of aryl methyl sites for hydroxylation is 1. The Morgan fingerprint density at radius 1 is 1.00 bits per heavy atom. The molecule has 2 heterocycles. The number of hydrogen-bond donors (Lipinski definition) is 2. The molecule has 6 nitrogen and oxygen atoms in total. The summed E-state index contributed by atoms with van der Waals surface area (Å²) in [7, 11) is 0. The predicted molar refractivity (Wildman–Crippen MR) is 116 cm³/mol. The molecule has 4 rings (SSSR count). The SMILES string of the molecule is Cc1ccc([C@@H]2C(=C(O)c3ccccc3)C(=O)C(=O)N2CCN2CCNCC2)cc1. The van der Waals surface area contributed by atoms with E-state index < -0.39 is 17.7 Å². The standard InChI is InChI=1S/C24H27N3O3/c1-17-7-9-18(10-8-17)21-20(22(28)19-5-3-2-4-6-19)23(29)24(30)27(21)16-15-26-13-11-25-12-14-26/h2-10,21,25,28H,11-16H2,1H3/t21-/m1/s1. The van der Waals surface area contributed by atoms with E-state index in [0.29, 0.717) is 18.7 Å². The van der Waals surface area contributed by atoms with Crippen molar-refractivity contribution in [2.75, 3.05) is 39.3 Å². The minimum atomic E-state index is -0.623. The van der Waals surface area contributed by atoms with Crippen LogP contribution in [0.3, 0.4) is 0 Å². The van der Waals surface area contributed by atoms with Crippen LogP contribution in [0.15, 0.2) is 60.2 Å². The molecular weight excluding hydrogens is 378 g/mol. The van der Waals surface area contributed by atoms with Gasteiger partial charge in [0, 0.05) is 44.8 Å². The second-order valence-corrected chi connectivity index (χ2v) is 7.86. The number of likely N-dealkylation sites (tertiary alicyclic amines) is 1. The third-order valence-electron chi connectivity index (χ3n) is 5.85. The van der Waals surface area contributed by atoms with Crippen LogP contribution in [-0.2, 0) is 9.59 Å². The molecule has 2 aliphatic rings. The average Bonchev–Trinajstić information content (AvgIpc) is 3.04. The van der Waals surface area contributed by atoms with Crippen LogP contribution >= 0.6 is 0 Å². The minimum absolute atomic E-state index is 0.121. The quantitative estimate of drug-likeness (QED) is 0.454. The van der Waals surface area contributed by atoms with Crippen molar-refractivity contribution in [3.8, 4) is 0 Å². The summed E-state index contributed by atoms with van der Waals surface area (Å²) in [4.78, 5) is 29.9. The van der Waals surface area contributed by atoms with Gasteiger partial charge in [-0.05, 0) is 12.5 Å². The molecule has 30 heavy (non-hydrogen) atoms. The number of carbonyl (C=O) groups is 2. The van der Waals surface area contributed by atoms with Gasteiger partial charge in [0.05, 0.1) is 11.6 Å². The van der Waals surface area contributed by atoms with Gasteiger partial charge in [0.2, 0.25) is 0 Å². The number of aliphatic hydroxyl groups is 1. The molecule has 2 aromatic rings. The molecule has 156 valence electrons. The molecule has 0 aromatic heterocycles. The van der Waals surface area contributed by atoms with E-state index in [1.165, 1.54) is 0 Å². The number of carbonyl (C=O) groups excluding carboxylic acids is 2. The number of nitrogens with one attached hydrogen (secondary N) is 1. The van der Waals surface area contributed by atoms with Gasteiger partial charge in [-0.15, -0.1) is 0 Å².